The second kappa shape index (κ2) is 5.22. The average Bonchev–Trinajstić information content (AvgIpc) is 2.25. The summed E-state index contributed by atoms with van der Waals surface area (Å²) < 4.78 is 31.7. The summed E-state index contributed by atoms with van der Waals surface area (Å²) in [5.41, 5.74) is 5.68. The first-order chi connectivity index (χ1) is 7.99. The number of rotatable bonds is 5. The molecule has 1 atom stereocenters. The summed E-state index contributed by atoms with van der Waals surface area (Å²) in [6.07, 6.45) is 5.72. The number of nitrogens with two attached hydrogens (primary N) is 1. The standard InChI is InChI=1S/C11H22N2O3S/c12-11(5-3-6-11)9-13-17(14,15)8-10-4-1-2-7-16-10/h10,13H,1-9,12H2. The number of ether oxygens (including phenoxy) is 1. The zero-order chi connectivity index (χ0) is 12.4. The maximum absolute atomic E-state index is 11.8. The Balaban J connectivity index is 1.77. The third-order valence-corrected chi connectivity index (χ3v) is 5.07. The van der Waals surface area contributed by atoms with Crippen molar-refractivity contribution >= 4 is 10.0 Å². The monoisotopic (exact) mass is 262 g/mol. The van der Waals surface area contributed by atoms with Gasteiger partial charge in [0.1, 0.15) is 0 Å². The molecule has 1 aliphatic carbocycles. The Labute approximate surface area is 103 Å². The van der Waals surface area contributed by atoms with Crippen molar-refractivity contribution in [1.82, 2.24) is 4.72 Å². The molecular formula is C11H22N2O3S. The Kier molecular flexibility index (Phi) is 4.07. The van der Waals surface area contributed by atoms with Crippen LogP contribution in [0.5, 0.6) is 0 Å². The second-order valence-electron chi connectivity index (χ2n) is 5.31. The van der Waals surface area contributed by atoms with Crippen molar-refractivity contribution in [3.05, 3.63) is 0 Å². The maximum Gasteiger partial charge on any atom is 0.214 e. The molecule has 0 radical (unpaired) electrons. The van der Waals surface area contributed by atoms with Gasteiger partial charge in [-0.15, -0.1) is 0 Å². The van der Waals surface area contributed by atoms with E-state index in [1.807, 2.05) is 0 Å². The summed E-state index contributed by atoms with van der Waals surface area (Å²) >= 11 is 0. The fourth-order valence-electron chi connectivity index (χ4n) is 2.30. The Morgan fingerprint density at radius 1 is 1.29 bits per heavy atom. The van der Waals surface area contributed by atoms with Gasteiger partial charge in [0.25, 0.3) is 0 Å². The van der Waals surface area contributed by atoms with Gasteiger partial charge in [-0.2, -0.15) is 0 Å². The van der Waals surface area contributed by atoms with Crippen molar-refractivity contribution in [1.29, 1.82) is 0 Å². The molecule has 6 heteroatoms. The molecule has 2 aliphatic rings. The van der Waals surface area contributed by atoms with E-state index in [9.17, 15) is 8.42 Å². The van der Waals surface area contributed by atoms with E-state index in [0.29, 0.717) is 13.2 Å². The van der Waals surface area contributed by atoms with Gasteiger partial charge in [-0.1, -0.05) is 0 Å². The predicted molar refractivity (Wildman–Crippen MR) is 66.1 cm³/mol. The summed E-state index contributed by atoms with van der Waals surface area (Å²) in [4.78, 5) is 0. The summed E-state index contributed by atoms with van der Waals surface area (Å²) in [5, 5.41) is 0. The molecule has 0 aromatic rings. The molecule has 5 nitrogen and oxygen atoms in total. The first-order valence-corrected chi connectivity index (χ1v) is 8.02. The van der Waals surface area contributed by atoms with Gasteiger partial charge in [0, 0.05) is 18.7 Å². The third kappa shape index (κ3) is 3.91. The van der Waals surface area contributed by atoms with Crippen LogP contribution in [0.15, 0.2) is 0 Å². The number of hydrogen-bond acceptors (Lipinski definition) is 4. The predicted octanol–water partition coefficient (Wildman–Crippen LogP) is 0.356. The van der Waals surface area contributed by atoms with E-state index in [0.717, 1.165) is 38.5 Å². The van der Waals surface area contributed by atoms with Crippen LogP contribution in [-0.4, -0.2) is 39.0 Å². The molecule has 100 valence electrons. The SMILES string of the molecule is NC1(CNS(=O)(=O)CC2CCCCO2)CCC1. The Bertz CT molecular complexity index is 346. The average molecular weight is 262 g/mol. The highest BCUT2D eigenvalue weighted by molar-refractivity contribution is 7.89. The van der Waals surface area contributed by atoms with Gasteiger partial charge >= 0.3 is 0 Å². The van der Waals surface area contributed by atoms with Gasteiger partial charge < -0.3 is 10.5 Å². The lowest BCUT2D eigenvalue weighted by Crippen LogP contribution is -2.55. The molecular weight excluding hydrogens is 240 g/mol. The molecule has 0 aromatic carbocycles. The van der Waals surface area contributed by atoms with Crippen LogP contribution in [0.1, 0.15) is 38.5 Å². The molecule has 1 saturated heterocycles. The van der Waals surface area contributed by atoms with Gasteiger partial charge in [0.05, 0.1) is 11.9 Å². The minimum Gasteiger partial charge on any atom is -0.377 e. The van der Waals surface area contributed by atoms with Crippen LogP contribution in [0.4, 0.5) is 0 Å². The first-order valence-electron chi connectivity index (χ1n) is 6.37. The number of nitrogens with one attached hydrogen (secondary N) is 1. The molecule has 0 aromatic heterocycles. The molecule has 1 aliphatic heterocycles. The third-order valence-electron chi connectivity index (χ3n) is 3.67. The molecule has 1 unspecified atom stereocenters. The minimum absolute atomic E-state index is 0.0725. The topological polar surface area (TPSA) is 81.4 Å². The highest BCUT2D eigenvalue weighted by atomic mass is 32.2. The van der Waals surface area contributed by atoms with Crippen LogP contribution in [0, 0.1) is 0 Å². The molecule has 17 heavy (non-hydrogen) atoms. The number of sulfonamides is 1. The van der Waals surface area contributed by atoms with Crippen LogP contribution in [-0.2, 0) is 14.8 Å². The van der Waals surface area contributed by atoms with E-state index in [1.165, 1.54) is 0 Å². The van der Waals surface area contributed by atoms with Crippen molar-refractivity contribution in [3.63, 3.8) is 0 Å². The van der Waals surface area contributed by atoms with Crippen LogP contribution in [0.2, 0.25) is 0 Å². The molecule has 0 spiro atoms. The van der Waals surface area contributed by atoms with Crippen LogP contribution < -0.4 is 10.5 Å². The van der Waals surface area contributed by atoms with E-state index in [1.54, 1.807) is 0 Å². The Morgan fingerprint density at radius 2 is 2.06 bits per heavy atom. The van der Waals surface area contributed by atoms with Crippen molar-refractivity contribution in [2.24, 2.45) is 5.73 Å². The maximum atomic E-state index is 11.8. The van der Waals surface area contributed by atoms with E-state index in [2.05, 4.69) is 4.72 Å². The van der Waals surface area contributed by atoms with Crippen molar-refractivity contribution in [2.45, 2.75) is 50.2 Å². The first kappa shape index (κ1) is 13.3. The minimum atomic E-state index is -3.25. The van der Waals surface area contributed by atoms with E-state index >= 15 is 0 Å². The van der Waals surface area contributed by atoms with E-state index in [4.69, 9.17) is 10.5 Å². The molecule has 1 saturated carbocycles. The van der Waals surface area contributed by atoms with Crippen molar-refractivity contribution < 1.29 is 13.2 Å². The fraction of sp³-hybridized carbons (Fsp3) is 1.00. The largest absolute Gasteiger partial charge is 0.377 e. The highest BCUT2D eigenvalue weighted by Crippen LogP contribution is 2.28. The van der Waals surface area contributed by atoms with Gasteiger partial charge in [0.15, 0.2) is 0 Å². The second-order valence-corrected chi connectivity index (χ2v) is 7.16. The highest BCUT2D eigenvalue weighted by Gasteiger charge is 2.34. The summed E-state index contributed by atoms with van der Waals surface area (Å²) in [5.74, 6) is 0.0725. The molecule has 1 heterocycles. The zero-order valence-corrected chi connectivity index (χ0v) is 11.0. The Morgan fingerprint density at radius 3 is 2.59 bits per heavy atom. The van der Waals surface area contributed by atoms with E-state index < -0.39 is 10.0 Å². The Hall–Kier alpha value is -0.170. The van der Waals surface area contributed by atoms with Gasteiger partial charge in [-0.25, -0.2) is 13.1 Å². The van der Waals surface area contributed by atoms with Crippen LogP contribution in [0.25, 0.3) is 0 Å². The lowest BCUT2D eigenvalue weighted by atomic mass is 9.78. The van der Waals surface area contributed by atoms with Gasteiger partial charge in [-0.3, -0.25) is 0 Å². The van der Waals surface area contributed by atoms with Crippen LogP contribution >= 0.6 is 0 Å². The van der Waals surface area contributed by atoms with Gasteiger partial charge in [-0.05, 0) is 38.5 Å². The van der Waals surface area contributed by atoms with Crippen molar-refractivity contribution in [2.75, 3.05) is 18.9 Å². The summed E-state index contributed by atoms with van der Waals surface area (Å²) in [7, 11) is -3.25. The van der Waals surface area contributed by atoms with Gasteiger partial charge in [0.2, 0.25) is 10.0 Å². The smallest absolute Gasteiger partial charge is 0.214 e. The van der Waals surface area contributed by atoms with Crippen molar-refractivity contribution in [3.8, 4) is 0 Å². The lowest BCUT2D eigenvalue weighted by molar-refractivity contribution is 0.0303. The fourth-order valence-corrected chi connectivity index (χ4v) is 3.68. The molecule has 2 fully saturated rings. The normalized spacial score (nSPS) is 28.6. The number of hydrogen-bond donors (Lipinski definition) is 2. The molecule has 0 bridgehead atoms. The van der Waals surface area contributed by atoms with Crippen LogP contribution in [0.3, 0.4) is 0 Å². The summed E-state index contributed by atoms with van der Waals surface area (Å²) in [6.45, 7) is 1.04. The quantitative estimate of drug-likeness (QED) is 0.749. The zero-order valence-electron chi connectivity index (χ0n) is 10.2. The lowest BCUT2D eigenvalue weighted by Gasteiger charge is -2.38. The molecule has 2 rings (SSSR count). The molecule has 3 N–H and O–H groups in total. The van der Waals surface area contributed by atoms with E-state index in [-0.39, 0.29) is 17.4 Å². The molecule has 0 amide bonds. The summed E-state index contributed by atoms with van der Waals surface area (Å²) in [6, 6.07) is 0.